The van der Waals surface area contributed by atoms with Gasteiger partial charge in [0.2, 0.25) is 0 Å². The molecular formula is C11H15NS. The lowest BCUT2D eigenvalue weighted by Crippen LogP contribution is -2.22. The highest BCUT2D eigenvalue weighted by atomic mass is 32.2. The molecule has 0 bridgehead atoms. The van der Waals surface area contributed by atoms with Gasteiger partial charge >= 0.3 is 0 Å². The third-order valence-corrected chi connectivity index (χ3v) is 3.58. The van der Waals surface area contributed by atoms with Crippen LogP contribution in [0.1, 0.15) is 17.5 Å². The largest absolute Gasteiger partial charge is 0.327 e. The molecular weight excluding hydrogens is 178 g/mol. The minimum Gasteiger partial charge on any atom is -0.327 e. The predicted octanol–water partition coefficient (Wildman–Crippen LogP) is 2.36. The predicted molar refractivity (Wildman–Crippen MR) is 58.2 cm³/mol. The molecule has 1 atom stereocenters. The van der Waals surface area contributed by atoms with Gasteiger partial charge in [0.15, 0.2) is 0 Å². The van der Waals surface area contributed by atoms with Crippen molar-refractivity contribution in [3.05, 3.63) is 29.3 Å². The van der Waals surface area contributed by atoms with Crippen LogP contribution >= 0.6 is 11.8 Å². The van der Waals surface area contributed by atoms with Crippen LogP contribution in [0, 0.1) is 6.92 Å². The number of nitrogens with two attached hydrogens (primary N) is 1. The van der Waals surface area contributed by atoms with Crippen LogP contribution in [-0.2, 0) is 6.42 Å². The molecule has 2 rings (SSSR count). The van der Waals surface area contributed by atoms with Crippen molar-refractivity contribution in [1.29, 1.82) is 0 Å². The van der Waals surface area contributed by atoms with Crippen LogP contribution in [0.4, 0.5) is 0 Å². The van der Waals surface area contributed by atoms with Crippen molar-refractivity contribution >= 4 is 11.8 Å². The number of rotatable bonds is 0. The smallest absolute Gasteiger partial charge is 0.0107 e. The quantitative estimate of drug-likeness (QED) is 0.684. The van der Waals surface area contributed by atoms with Gasteiger partial charge in [-0.05, 0) is 37.1 Å². The van der Waals surface area contributed by atoms with Gasteiger partial charge in [0.05, 0.1) is 0 Å². The first-order chi connectivity index (χ1) is 6.25. The van der Waals surface area contributed by atoms with E-state index < -0.39 is 0 Å². The molecule has 0 saturated heterocycles. The first-order valence-corrected chi connectivity index (χ1v) is 5.72. The lowest BCUT2D eigenvalue weighted by molar-refractivity contribution is 0.653. The molecule has 1 heterocycles. The maximum atomic E-state index is 5.97. The van der Waals surface area contributed by atoms with Crippen LogP contribution in [0.2, 0.25) is 0 Å². The minimum absolute atomic E-state index is 0.358. The summed E-state index contributed by atoms with van der Waals surface area (Å²) in [6.07, 6.45) is 2.18. The number of aryl methyl sites for hydroxylation is 1. The second-order valence-electron chi connectivity index (χ2n) is 3.71. The summed E-state index contributed by atoms with van der Waals surface area (Å²) in [7, 11) is 0. The summed E-state index contributed by atoms with van der Waals surface area (Å²) >= 11 is 1.95. The summed E-state index contributed by atoms with van der Waals surface area (Å²) in [6.45, 7) is 2.14. The summed E-state index contributed by atoms with van der Waals surface area (Å²) < 4.78 is 0. The highest BCUT2D eigenvalue weighted by Crippen LogP contribution is 2.29. The zero-order valence-electron chi connectivity index (χ0n) is 7.92. The number of hydrogen-bond donors (Lipinski definition) is 1. The van der Waals surface area contributed by atoms with E-state index in [0.29, 0.717) is 6.04 Å². The SMILES string of the molecule is Cc1ccc2c(c1)SCCC(N)C2. The zero-order chi connectivity index (χ0) is 9.26. The van der Waals surface area contributed by atoms with Crippen LogP contribution < -0.4 is 5.73 Å². The summed E-state index contributed by atoms with van der Waals surface area (Å²) in [5.74, 6) is 1.16. The summed E-state index contributed by atoms with van der Waals surface area (Å²) in [4.78, 5) is 1.44. The van der Waals surface area contributed by atoms with E-state index in [1.165, 1.54) is 16.0 Å². The molecule has 13 heavy (non-hydrogen) atoms. The van der Waals surface area contributed by atoms with Crippen molar-refractivity contribution < 1.29 is 0 Å². The Hall–Kier alpha value is -0.470. The van der Waals surface area contributed by atoms with Crippen molar-refractivity contribution in [2.45, 2.75) is 30.7 Å². The van der Waals surface area contributed by atoms with Crippen LogP contribution in [0.3, 0.4) is 0 Å². The van der Waals surface area contributed by atoms with Crippen molar-refractivity contribution in [1.82, 2.24) is 0 Å². The van der Waals surface area contributed by atoms with Gasteiger partial charge in [0.1, 0.15) is 0 Å². The Morgan fingerprint density at radius 2 is 2.31 bits per heavy atom. The van der Waals surface area contributed by atoms with E-state index in [2.05, 4.69) is 25.1 Å². The summed E-state index contributed by atoms with van der Waals surface area (Å²) in [5, 5.41) is 0. The highest BCUT2D eigenvalue weighted by Gasteiger charge is 2.13. The summed E-state index contributed by atoms with van der Waals surface area (Å²) in [5.41, 5.74) is 8.75. The zero-order valence-corrected chi connectivity index (χ0v) is 8.73. The average Bonchev–Trinajstić information content (AvgIpc) is 2.25. The van der Waals surface area contributed by atoms with Gasteiger partial charge in [-0.1, -0.05) is 17.7 Å². The molecule has 0 aromatic heterocycles. The third-order valence-electron chi connectivity index (χ3n) is 2.45. The van der Waals surface area contributed by atoms with Crippen LogP contribution in [0.25, 0.3) is 0 Å². The highest BCUT2D eigenvalue weighted by molar-refractivity contribution is 7.99. The molecule has 0 amide bonds. The van der Waals surface area contributed by atoms with Crippen molar-refractivity contribution in [2.24, 2.45) is 5.73 Å². The monoisotopic (exact) mass is 193 g/mol. The van der Waals surface area contributed by atoms with Crippen LogP contribution in [0.15, 0.2) is 23.1 Å². The molecule has 0 spiro atoms. The number of thioether (sulfide) groups is 1. The number of fused-ring (bicyclic) bond motifs is 1. The van der Waals surface area contributed by atoms with E-state index >= 15 is 0 Å². The maximum Gasteiger partial charge on any atom is 0.0107 e. The van der Waals surface area contributed by atoms with E-state index in [1.807, 2.05) is 11.8 Å². The molecule has 1 nitrogen and oxygen atoms in total. The molecule has 0 fully saturated rings. The lowest BCUT2D eigenvalue weighted by atomic mass is 10.0. The average molecular weight is 193 g/mol. The fourth-order valence-electron chi connectivity index (χ4n) is 1.67. The Balaban J connectivity index is 2.34. The molecule has 0 aliphatic carbocycles. The Morgan fingerprint density at radius 1 is 1.46 bits per heavy atom. The Labute approximate surface area is 83.7 Å². The second-order valence-corrected chi connectivity index (χ2v) is 4.85. The molecule has 1 aromatic rings. The van der Waals surface area contributed by atoms with Gasteiger partial charge in [-0.2, -0.15) is 0 Å². The molecule has 2 heteroatoms. The number of benzene rings is 1. The molecule has 1 aliphatic rings. The fraction of sp³-hybridized carbons (Fsp3) is 0.455. The molecule has 1 aromatic carbocycles. The molecule has 0 radical (unpaired) electrons. The Kier molecular flexibility index (Phi) is 2.61. The molecule has 70 valence electrons. The van der Waals surface area contributed by atoms with Crippen LogP contribution in [-0.4, -0.2) is 11.8 Å². The van der Waals surface area contributed by atoms with Gasteiger partial charge < -0.3 is 5.73 Å². The van der Waals surface area contributed by atoms with Gasteiger partial charge in [0.25, 0.3) is 0 Å². The Morgan fingerprint density at radius 3 is 3.15 bits per heavy atom. The number of hydrogen-bond acceptors (Lipinski definition) is 2. The lowest BCUT2D eigenvalue weighted by Gasteiger charge is -2.08. The van der Waals surface area contributed by atoms with E-state index in [4.69, 9.17) is 5.73 Å². The molecule has 1 unspecified atom stereocenters. The van der Waals surface area contributed by atoms with Gasteiger partial charge in [-0.15, -0.1) is 11.8 Å². The maximum absolute atomic E-state index is 5.97. The van der Waals surface area contributed by atoms with Gasteiger partial charge in [-0.3, -0.25) is 0 Å². The van der Waals surface area contributed by atoms with E-state index in [-0.39, 0.29) is 0 Å². The normalized spacial score (nSPS) is 22.2. The molecule has 1 aliphatic heterocycles. The van der Waals surface area contributed by atoms with E-state index in [0.717, 1.165) is 18.6 Å². The van der Waals surface area contributed by atoms with Crippen LogP contribution in [0.5, 0.6) is 0 Å². The van der Waals surface area contributed by atoms with E-state index in [9.17, 15) is 0 Å². The van der Waals surface area contributed by atoms with Gasteiger partial charge in [-0.25, -0.2) is 0 Å². The fourth-order valence-corrected chi connectivity index (χ4v) is 2.92. The van der Waals surface area contributed by atoms with Gasteiger partial charge in [0, 0.05) is 10.9 Å². The van der Waals surface area contributed by atoms with Crippen molar-refractivity contribution in [3.63, 3.8) is 0 Å². The first-order valence-electron chi connectivity index (χ1n) is 4.73. The van der Waals surface area contributed by atoms with Crippen molar-refractivity contribution in [3.8, 4) is 0 Å². The first kappa shape index (κ1) is 9.10. The van der Waals surface area contributed by atoms with E-state index in [1.54, 1.807) is 0 Å². The minimum atomic E-state index is 0.358. The molecule has 0 saturated carbocycles. The molecule has 2 N–H and O–H groups in total. The standard InChI is InChI=1S/C11H15NS/c1-8-2-3-9-7-10(12)4-5-13-11(9)6-8/h2-3,6,10H,4-5,7,12H2,1H3. The van der Waals surface area contributed by atoms with Crippen molar-refractivity contribution in [2.75, 3.05) is 5.75 Å². The second kappa shape index (κ2) is 3.72. The third kappa shape index (κ3) is 2.06. The topological polar surface area (TPSA) is 26.0 Å². The Bertz CT molecular complexity index is 309. The summed E-state index contributed by atoms with van der Waals surface area (Å²) in [6, 6.07) is 7.04.